The van der Waals surface area contributed by atoms with Crippen molar-refractivity contribution in [2.45, 2.75) is 25.7 Å². The van der Waals surface area contributed by atoms with Crippen LogP contribution in [0.3, 0.4) is 0 Å². The van der Waals surface area contributed by atoms with Crippen molar-refractivity contribution in [2.75, 3.05) is 34.4 Å². The van der Waals surface area contributed by atoms with Crippen molar-refractivity contribution in [1.29, 1.82) is 0 Å². The topological polar surface area (TPSA) is 124 Å². The Morgan fingerprint density at radius 2 is 1.88 bits per heavy atom. The summed E-state index contributed by atoms with van der Waals surface area (Å²) in [6, 6.07) is 13.4. The Morgan fingerprint density at radius 1 is 1.00 bits per heavy atom. The molecule has 214 valence electrons. The minimum atomic E-state index is -0.490. The third-order valence-electron chi connectivity index (χ3n) is 7.28. The summed E-state index contributed by atoms with van der Waals surface area (Å²) in [5.41, 5.74) is 4.33. The Bertz CT molecular complexity index is 1650. The molecule has 10 nitrogen and oxygen atoms in total. The van der Waals surface area contributed by atoms with Crippen LogP contribution in [-0.2, 0) is 17.6 Å². The summed E-state index contributed by atoms with van der Waals surface area (Å²) in [4.78, 5) is 40.5. The van der Waals surface area contributed by atoms with Gasteiger partial charge in [0.25, 0.3) is 0 Å². The van der Waals surface area contributed by atoms with Crippen molar-refractivity contribution < 1.29 is 14.0 Å². The quantitative estimate of drug-likeness (QED) is 0.227. The van der Waals surface area contributed by atoms with Crippen molar-refractivity contribution in [3.63, 3.8) is 0 Å². The number of carbonyl (C=O) groups is 2. The highest BCUT2D eigenvalue weighted by Gasteiger charge is 2.28. The van der Waals surface area contributed by atoms with Crippen molar-refractivity contribution in [3.05, 3.63) is 89.1 Å². The Morgan fingerprint density at radius 3 is 2.76 bits per heavy atom. The molecule has 42 heavy (non-hydrogen) atoms. The summed E-state index contributed by atoms with van der Waals surface area (Å²) in [5, 5.41) is 12.5. The summed E-state index contributed by atoms with van der Waals surface area (Å²) < 4.78 is 13.9. The maximum absolute atomic E-state index is 13.9. The summed E-state index contributed by atoms with van der Waals surface area (Å²) in [5.74, 6) is 0.214. The number of anilines is 6. The molecule has 0 radical (unpaired) electrons. The molecule has 6 bridgehead atoms. The van der Waals surface area contributed by atoms with Crippen LogP contribution in [0.2, 0.25) is 5.02 Å². The van der Waals surface area contributed by atoms with Crippen molar-refractivity contribution in [3.8, 4) is 0 Å². The summed E-state index contributed by atoms with van der Waals surface area (Å²) in [6.07, 6.45) is 7.34. The molecule has 4 N–H and O–H groups in total. The van der Waals surface area contributed by atoms with Gasteiger partial charge in [0, 0.05) is 37.1 Å². The van der Waals surface area contributed by atoms with E-state index >= 15 is 0 Å². The minimum absolute atomic E-state index is 0.00205. The molecule has 2 aliphatic heterocycles. The molecule has 0 unspecified atom stereocenters. The van der Waals surface area contributed by atoms with E-state index in [0.29, 0.717) is 54.8 Å². The average Bonchev–Trinajstić information content (AvgIpc) is 3.44. The maximum Gasteiger partial charge on any atom is 0.321 e. The van der Waals surface area contributed by atoms with E-state index in [0.717, 1.165) is 22.5 Å². The van der Waals surface area contributed by atoms with Crippen LogP contribution in [-0.4, -0.2) is 44.9 Å². The van der Waals surface area contributed by atoms with E-state index in [2.05, 4.69) is 36.2 Å². The SMILES string of the molecule is O=C(C[C@@H]1CCN(C(=O)Nc2ccccc2F)C1)Nc1ccc2cc1CCc1cncc(c1)Nc1ncc(Cl)c(n1)N2. The summed E-state index contributed by atoms with van der Waals surface area (Å²) in [7, 11) is 0. The average molecular weight is 587 g/mol. The second-order valence-electron chi connectivity index (χ2n) is 10.4. The molecule has 4 aromatic rings. The zero-order valence-electron chi connectivity index (χ0n) is 22.5. The highest BCUT2D eigenvalue weighted by Crippen LogP contribution is 2.30. The molecular formula is C30H28ClFN8O2. The van der Waals surface area contributed by atoms with Gasteiger partial charge in [-0.1, -0.05) is 23.7 Å². The van der Waals surface area contributed by atoms with E-state index in [-0.39, 0.29) is 30.0 Å². The van der Waals surface area contributed by atoms with Crippen molar-refractivity contribution in [2.24, 2.45) is 5.92 Å². The van der Waals surface area contributed by atoms with E-state index in [1.165, 1.54) is 18.3 Å². The number of nitrogens with one attached hydrogen (secondary N) is 4. The van der Waals surface area contributed by atoms with Gasteiger partial charge in [0.15, 0.2) is 5.82 Å². The zero-order chi connectivity index (χ0) is 29.1. The van der Waals surface area contributed by atoms with Crippen LogP contribution < -0.4 is 21.3 Å². The smallest absolute Gasteiger partial charge is 0.321 e. The van der Waals surface area contributed by atoms with E-state index in [1.54, 1.807) is 23.2 Å². The largest absolute Gasteiger partial charge is 0.339 e. The fourth-order valence-electron chi connectivity index (χ4n) is 5.16. The molecule has 4 heterocycles. The number of urea groups is 1. The van der Waals surface area contributed by atoms with Gasteiger partial charge in [-0.05, 0) is 72.7 Å². The number of amides is 3. The first-order chi connectivity index (χ1) is 20.4. The highest BCUT2D eigenvalue weighted by molar-refractivity contribution is 6.32. The van der Waals surface area contributed by atoms with Gasteiger partial charge < -0.3 is 26.2 Å². The van der Waals surface area contributed by atoms with Gasteiger partial charge in [-0.3, -0.25) is 9.78 Å². The molecule has 1 saturated heterocycles. The number of halogens is 2. The van der Waals surface area contributed by atoms with Crippen molar-refractivity contribution in [1.82, 2.24) is 19.9 Å². The number of carbonyl (C=O) groups excluding carboxylic acids is 2. The highest BCUT2D eigenvalue weighted by atomic mass is 35.5. The molecule has 12 heteroatoms. The first-order valence-electron chi connectivity index (χ1n) is 13.6. The minimum Gasteiger partial charge on any atom is -0.339 e. The predicted octanol–water partition coefficient (Wildman–Crippen LogP) is 6.13. The fourth-order valence-corrected chi connectivity index (χ4v) is 5.30. The number of nitrogens with zero attached hydrogens (tertiary/aromatic N) is 4. The molecular weight excluding hydrogens is 559 g/mol. The number of likely N-dealkylation sites (tertiary alicyclic amines) is 1. The third-order valence-corrected chi connectivity index (χ3v) is 7.56. The number of pyridine rings is 1. The summed E-state index contributed by atoms with van der Waals surface area (Å²) in [6.45, 7) is 0.918. The number of aryl methyl sites for hydroxylation is 2. The lowest BCUT2D eigenvalue weighted by Crippen LogP contribution is -2.33. The molecule has 1 atom stereocenters. The van der Waals surface area contributed by atoms with Gasteiger partial charge in [0.1, 0.15) is 10.8 Å². The van der Waals surface area contributed by atoms with Gasteiger partial charge in [0.2, 0.25) is 11.9 Å². The number of rotatable bonds is 4. The Balaban J connectivity index is 1.14. The Kier molecular flexibility index (Phi) is 7.83. The standard InChI is InChI=1S/C30H28ClFN8O2/c31-23-16-34-29-36-22-11-18(14-33-15-22)5-6-20-13-21(35-28(23)39-29)7-8-25(20)37-27(41)12-19-9-10-40(17-19)30(42)38-26-4-2-1-3-24(26)32/h1-4,7-8,11,13-16,19H,5-6,9-10,12,17H2,(H,37,41)(H,38,42)(H2,34,35,36,39)/t19-/m0/s1. The second kappa shape index (κ2) is 12.0. The van der Waals surface area contributed by atoms with Crippen LogP contribution in [0.4, 0.5) is 43.7 Å². The van der Waals surface area contributed by atoms with Crippen LogP contribution in [0.25, 0.3) is 0 Å². The zero-order valence-corrected chi connectivity index (χ0v) is 23.3. The first-order valence-corrected chi connectivity index (χ1v) is 14.0. The molecule has 0 saturated carbocycles. The number of benzene rings is 2. The number of hydrogen-bond acceptors (Lipinski definition) is 7. The van der Waals surface area contributed by atoms with Crippen LogP contribution in [0.1, 0.15) is 24.0 Å². The molecule has 6 rings (SSSR count). The lowest BCUT2D eigenvalue weighted by molar-refractivity contribution is -0.117. The molecule has 3 amide bonds. The van der Waals surface area contributed by atoms with E-state index in [9.17, 15) is 14.0 Å². The van der Waals surface area contributed by atoms with Crippen LogP contribution in [0.5, 0.6) is 0 Å². The van der Waals surface area contributed by atoms with Crippen LogP contribution in [0.15, 0.2) is 67.1 Å². The molecule has 1 fully saturated rings. The van der Waals surface area contributed by atoms with Crippen molar-refractivity contribution >= 4 is 58.1 Å². The van der Waals surface area contributed by atoms with Gasteiger partial charge >= 0.3 is 6.03 Å². The van der Waals surface area contributed by atoms with Gasteiger partial charge in [-0.15, -0.1) is 0 Å². The fraction of sp³-hybridized carbons (Fsp3) is 0.233. The number of aromatic nitrogens is 3. The molecule has 0 spiro atoms. The normalized spacial score (nSPS) is 15.8. The van der Waals surface area contributed by atoms with Gasteiger partial charge in [-0.25, -0.2) is 14.2 Å². The second-order valence-corrected chi connectivity index (χ2v) is 10.8. The van der Waals surface area contributed by atoms with Crippen LogP contribution in [0, 0.1) is 11.7 Å². The Hall–Kier alpha value is -4.77. The molecule has 2 aromatic carbocycles. The lowest BCUT2D eigenvalue weighted by atomic mass is 10.0. The van der Waals surface area contributed by atoms with E-state index in [1.807, 2.05) is 30.5 Å². The van der Waals surface area contributed by atoms with E-state index in [4.69, 9.17) is 11.6 Å². The number of fused-ring (bicyclic) bond motifs is 6. The monoisotopic (exact) mass is 586 g/mol. The molecule has 2 aromatic heterocycles. The molecule has 0 aliphatic carbocycles. The van der Waals surface area contributed by atoms with E-state index < -0.39 is 5.82 Å². The number of hydrogen-bond donors (Lipinski definition) is 4. The lowest BCUT2D eigenvalue weighted by Gasteiger charge is -2.18. The van der Waals surface area contributed by atoms with Gasteiger partial charge in [-0.2, -0.15) is 4.98 Å². The first kappa shape index (κ1) is 27.4. The maximum atomic E-state index is 13.9. The predicted molar refractivity (Wildman–Crippen MR) is 160 cm³/mol. The number of para-hydroxylation sites is 1. The summed E-state index contributed by atoms with van der Waals surface area (Å²) >= 11 is 6.36. The third kappa shape index (κ3) is 6.41. The molecule has 2 aliphatic rings. The van der Waals surface area contributed by atoms with Crippen LogP contribution >= 0.6 is 11.6 Å². The Labute approximate surface area is 246 Å². The van der Waals surface area contributed by atoms with Gasteiger partial charge in [0.05, 0.1) is 23.8 Å².